The Balaban J connectivity index is 2.04. The van der Waals surface area contributed by atoms with Crippen LogP contribution in [0.1, 0.15) is 11.6 Å². The molecule has 0 radical (unpaired) electrons. The molecule has 1 aromatic rings. The summed E-state index contributed by atoms with van der Waals surface area (Å²) in [6.07, 6.45) is 0.202. The molecule has 0 aromatic carbocycles. The van der Waals surface area contributed by atoms with Gasteiger partial charge in [-0.3, -0.25) is 11.3 Å². The molecule has 0 amide bonds. The first kappa shape index (κ1) is 10.4. The summed E-state index contributed by atoms with van der Waals surface area (Å²) in [7, 11) is 0. The molecule has 14 heavy (non-hydrogen) atoms. The first-order chi connectivity index (χ1) is 6.92. The number of nitrogens with two attached hydrogens (primary N) is 1. The van der Waals surface area contributed by atoms with Crippen LogP contribution in [0, 0.1) is 0 Å². The van der Waals surface area contributed by atoms with Crippen LogP contribution in [-0.4, -0.2) is 24.2 Å². The molecule has 1 saturated heterocycles. The van der Waals surface area contributed by atoms with E-state index in [4.69, 9.17) is 10.6 Å². The van der Waals surface area contributed by atoms with Gasteiger partial charge in [-0.2, -0.15) is 23.1 Å². The van der Waals surface area contributed by atoms with E-state index in [1.54, 1.807) is 11.3 Å². The van der Waals surface area contributed by atoms with E-state index in [2.05, 4.69) is 22.3 Å². The molecule has 0 bridgehead atoms. The molecule has 2 atom stereocenters. The normalized spacial score (nSPS) is 24.8. The van der Waals surface area contributed by atoms with Crippen molar-refractivity contribution in [2.75, 3.05) is 18.1 Å². The van der Waals surface area contributed by atoms with E-state index in [1.165, 1.54) is 5.56 Å². The first-order valence-corrected chi connectivity index (χ1v) is 6.69. The molecular weight excluding hydrogens is 216 g/mol. The summed E-state index contributed by atoms with van der Waals surface area (Å²) < 4.78 is 5.70. The van der Waals surface area contributed by atoms with Crippen LogP contribution in [0.15, 0.2) is 16.8 Å². The van der Waals surface area contributed by atoms with Crippen molar-refractivity contribution in [2.45, 2.75) is 12.1 Å². The second-order valence-corrected chi connectivity index (χ2v) is 5.12. The summed E-state index contributed by atoms with van der Waals surface area (Å²) in [5.74, 6) is 7.67. The van der Waals surface area contributed by atoms with Gasteiger partial charge in [0.1, 0.15) is 0 Å². The number of nitrogens with one attached hydrogen (secondary N) is 1. The molecule has 2 heterocycles. The third-order valence-corrected chi connectivity index (χ3v) is 4.02. The highest BCUT2D eigenvalue weighted by atomic mass is 32.2. The molecule has 1 aromatic heterocycles. The van der Waals surface area contributed by atoms with E-state index in [-0.39, 0.29) is 12.1 Å². The van der Waals surface area contributed by atoms with Gasteiger partial charge in [-0.1, -0.05) is 0 Å². The molecule has 1 aliphatic rings. The van der Waals surface area contributed by atoms with Gasteiger partial charge in [0.2, 0.25) is 0 Å². The van der Waals surface area contributed by atoms with Gasteiger partial charge in [0.05, 0.1) is 18.8 Å². The van der Waals surface area contributed by atoms with E-state index in [1.807, 2.05) is 11.8 Å². The smallest absolute Gasteiger partial charge is 0.0873 e. The third-order valence-electron chi connectivity index (χ3n) is 2.30. The van der Waals surface area contributed by atoms with Crippen LogP contribution in [0.2, 0.25) is 0 Å². The average molecular weight is 230 g/mol. The van der Waals surface area contributed by atoms with Crippen molar-refractivity contribution < 1.29 is 4.74 Å². The third kappa shape index (κ3) is 2.29. The van der Waals surface area contributed by atoms with Crippen LogP contribution in [0.4, 0.5) is 0 Å². The van der Waals surface area contributed by atoms with Crippen molar-refractivity contribution >= 4 is 23.1 Å². The molecule has 5 heteroatoms. The molecule has 1 aliphatic heterocycles. The van der Waals surface area contributed by atoms with E-state index in [0.29, 0.717) is 0 Å². The maximum Gasteiger partial charge on any atom is 0.0873 e. The van der Waals surface area contributed by atoms with Crippen molar-refractivity contribution in [3.8, 4) is 0 Å². The second-order valence-electron chi connectivity index (χ2n) is 3.19. The maximum absolute atomic E-state index is 5.70. The fraction of sp³-hybridized carbons (Fsp3) is 0.556. The number of thioether (sulfide) groups is 1. The van der Waals surface area contributed by atoms with Crippen LogP contribution in [-0.2, 0) is 4.74 Å². The van der Waals surface area contributed by atoms with Crippen LogP contribution in [0.5, 0.6) is 0 Å². The zero-order valence-corrected chi connectivity index (χ0v) is 9.44. The fourth-order valence-electron chi connectivity index (χ4n) is 1.57. The lowest BCUT2D eigenvalue weighted by Gasteiger charge is -2.29. The van der Waals surface area contributed by atoms with E-state index in [9.17, 15) is 0 Å². The zero-order chi connectivity index (χ0) is 9.80. The van der Waals surface area contributed by atoms with Gasteiger partial charge >= 0.3 is 0 Å². The standard InChI is InChI=1S/C9H14N2OS2/c10-11-9(7-1-3-13-5-7)8-6-14-4-2-12-8/h1,3,5,8-9,11H,2,4,6,10H2. The quantitative estimate of drug-likeness (QED) is 0.608. The fourth-order valence-corrected chi connectivity index (χ4v) is 3.17. The summed E-state index contributed by atoms with van der Waals surface area (Å²) in [6, 6.07) is 2.23. The Labute approximate surface area is 92.0 Å². The molecule has 3 nitrogen and oxygen atoms in total. The van der Waals surface area contributed by atoms with Crippen molar-refractivity contribution in [1.82, 2.24) is 5.43 Å². The van der Waals surface area contributed by atoms with E-state index in [0.717, 1.165) is 18.1 Å². The monoisotopic (exact) mass is 230 g/mol. The molecular formula is C9H14N2OS2. The number of hydrogen-bond donors (Lipinski definition) is 2. The van der Waals surface area contributed by atoms with Gasteiger partial charge in [0.25, 0.3) is 0 Å². The lowest BCUT2D eigenvalue weighted by atomic mass is 10.1. The SMILES string of the molecule is NNC(c1ccsc1)C1CSCCO1. The van der Waals surface area contributed by atoms with Gasteiger partial charge in [0.15, 0.2) is 0 Å². The van der Waals surface area contributed by atoms with Gasteiger partial charge in [-0.05, 0) is 22.4 Å². The van der Waals surface area contributed by atoms with Gasteiger partial charge in [-0.15, -0.1) is 0 Å². The predicted molar refractivity (Wildman–Crippen MR) is 61.4 cm³/mol. The summed E-state index contributed by atoms with van der Waals surface area (Å²) >= 11 is 3.62. The number of rotatable bonds is 3. The Hall–Kier alpha value is -0.0700. The molecule has 0 aliphatic carbocycles. The summed E-state index contributed by atoms with van der Waals surface area (Å²) in [4.78, 5) is 0. The number of ether oxygens (including phenoxy) is 1. The molecule has 2 unspecified atom stereocenters. The van der Waals surface area contributed by atoms with Crippen molar-refractivity contribution in [3.63, 3.8) is 0 Å². The lowest BCUT2D eigenvalue weighted by Crippen LogP contribution is -2.41. The highest BCUT2D eigenvalue weighted by molar-refractivity contribution is 7.99. The van der Waals surface area contributed by atoms with Gasteiger partial charge in [-0.25, -0.2) is 0 Å². The van der Waals surface area contributed by atoms with Crippen LogP contribution >= 0.6 is 23.1 Å². The number of thiophene rings is 1. The highest BCUT2D eigenvalue weighted by Crippen LogP contribution is 2.26. The average Bonchev–Trinajstić information content (AvgIpc) is 2.74. The molecule has 78 valence electrons. The highest BCUT2D eigenvalue weighted by Gasteiger charge is 2.25. The maximum atomic E-state index is 5.70. The molecule has 0 spiro atoms. The Morgan fingerprint density at radius 2 is 2.57 bits per heavy atom. The molecule has 1 fully saturated rings. The summed E-state index contributed by atoms with van der Waals surface area (Å²) in [5.41, 5.74) is 4.07. The molecule has 2 rings (SSSR count). The number of hydrogen-bond acceptors (Lipinski definition) is 5. The zero-order valence-electron chi connectivity index (χ0n) is 7.81. The summed E-state index contributed by atoms with van der Waals surface area (Å²) in [6.45, 7) is 0.831. The summed E-state index contributed by atoms with van der Waals surface area (Å²) in [5, 5.41) is 4.18. The minimum Gasteiger partial charge on any atom is -0.374 e. The minimum absolute atomic E-state index is 0.133. The number of hydrazine groups is 1. The van der Waals surface area contributed by atoms with Crippen molar-refractivity contribution in [1.29, 1.82) is 0 Å². The van der Waals surface area contributed by atoms with Gasteiger partial charge < -0.3 is 4.74 Å². The van der Waals surface area contributed by atoms with E-state index < -0.39 is 0 Å². The van der Waals surface area contributed by atoms with Crippen molar-refractivity contribution in [3.05, 3.63) is 22.4 Å². The Morgan fingerprint density at radius 3 is 3.14 bits per heavy atom. The Morgan fingerprint density at radius 1 is 1.64 bits per heavy atom. The van der Waals surface area contributed by atoms with Crippen LogP contribution in [0.3, 0.4) is 0 Å². The molecule has 0 saturated carbocycles. The molecule has 3 N–H and O–H groups in total. The first-order valence-electron chi connectivity index (χ1n) is 4.59. The minimum atomic E-state index is 0.133. The van der Waals surface area contributed by atoms with Crippen LogP contribution < -0.4 is 11.3 Å². The van der Waals surface area contributed by atoms with Gasteiger partial charge in [0, 0.05) is 11.5 Å². The predicted octanol–water partition coefficient (Wildman–Crippen LogP) is 1.38. The van der Waals surface area contributed by atoms with E-state index >= 15 is 0 Å². The Kier molecular flexibility index (Phi) is 3.83. The van der Waals surface area contributed by atoms with Crippen LogP contribution in [0.25, 0.3) is 0 Å². The Bertz CT molecular complexity index is 260. The lowest BCUT2D eigenvalue weighted by molar-refractivity contribution is 0.0469. The second kappa shape index (κ2) is 5.14. The largest absolute Gasteiger partial charge is 0.374 e. The topological polar surface area (TPSA) is 47.3 Å². The van der Waals surface area contributed by atoms with Crippen molar-refractivity contribution in [2.24, 2.45) is 5.84 Å².